The molecule has 2 aromatic carbocycles. The molecule has 2 aliphatic heterocycles. The molecule has 4 heterocycles. The molecule has 2 aliphatic rings. The predicted molar refractivity (Wildman–Crippen MR) is 164 cm³/mol. The Morgan fingerprint density at radius 3 is 2.74 bits per heavy atom. The number of anilines is 1. The standard InChI is InChI=1S/C32H32ClF2N7O/c1-5-26(43)41-12-10-20(13-19(41)9-11-36)42-17-37-30-31(42)23-14-24(33)27(22-7-6-8-25(34)18(22)2)28(35)29(23)38-32(30)40-15-21(16-40)39(3)4/h5-8,14,17,19-21H,1,9-10,12-13,15-16H2,2-4H3. The van der Waals surface area contributed by atoms with Crippen molar-refractivity contribution in [1.82, 2.24) is 24.3 Å². The quantitative estimate of drug-likeness (QED) is 0.256. The number of likely N-dealkylation sites (tertiary alicyclic amines) is 1. The Morgan fingerprint density at radius 1 is 1.28 bits per heavy atom. The highest BCUT2D eigenvalue weighted by atomic mass is 35.5. The predicted octanol–water partition coefficient (Wildman–Crippen LogP) is 5.87. The number of hydrogen-bond acceptors (Lipinski definition) is 6. The minimum absolute atomic E-state index is 0.103. The number of piperidine rings is 1. The minimum Gasteiger partial charge on any atom is -0.351 e. The first-order valence-corrected chi connectivity index (χ1v) is 14.7. The van der Waals surface area contributed by atoms with Gasteiger partial charge in [-0.2, -0.15) is 5.26 Å². The van der Waals surface area contributed by atoms with E-state index in [9.17, 15) is 14.4 Å². The molecule has 0 bridgehead atoms. The molecule has 1 amide bonds. The fraction of sp³-hybridized carbons (Fsp3) is 0.375. The summed E-state index contributed by atoms with van der Waals surface area (Å²) in [6.07, 6.45) is 4.36. The van der Waals surface area contributed by atoms with Crippen LogP contribution in [-0.2, 0) is 4.79 Å². The molecule has 4 aromatic rings. The van der Waals surface area contributed by atoms with Crippen LogP contribution in [0.25, 0.3) is 33.1 Å². The molecular weight excluding hydrogens is 572 g/mol. The molecule has 11 heteroatoms. The van der Waals surface area contributed by atoms with Crippen LogP contribution in [0.3, 0.4) is 0 Å². The Balaban J connectivity index is 1.55. The maximum absolute atomic E-state index is 16.6. The van der Waals surface area contributed by atoms with Crippen molar-refractivity contribution in [3.05, 3.63) is 65.5 Å². The number of carbonyl (C=O) groups excluding carboxylic acids is 1. The third-order valence-electron chi connectivity index (χ3n) is 8.97. The molecule has 2 aromatic heterocycles. The molecule has 0 radical (unpaired) electrons. The summed E-state index contributed by atoms with van der Waals surface area (Å²) in [5, 5.41) is 10.1. The molecule has 222 valence electrons. The number of pyridine rings is 1. The zero-order chi connectivity index (χ0) is 30.6. The van der Waals surface area contributed by atoms with Crippen LogP contribution in [0, 0.1) is 29.9 Å². The summed E-state index contributed by atoms with van der Waals surface area (Å²) in [6.45, 7) is 7.09. The first-order chi connectivity index (χ1) is 20.6. The van der Waals surface area contributed by atoms with E-state index in [0.717, 1.165) is 0 Å². The van der Waals surface area contributed by atoms with Crippen molar-refractivity contribution in [1.29, 1.82) is 5.26 Å². The summed E-state index contributed by atoms with van der Waals surface area (Å²) in [7, 11) is 4.05. The SMILES string of the molecule is C=CC(=O)N1CCC(n2cnc3c(N4CC(N(C)C)C4)nc4c(F)c(-c5cccc(F)c5C)c(Cl)cc4c32)CC1CC#N. The van der Waals surface area contributed by atoms with Crippen molar-refractivity contribution < 1.29 is 13.6 Å². The van der Waals surface area contributed by atoms with Gasteiger partial charge in [0.05, 0.1) is 29.4 Å². The topological polar surface area (TPSA) is 81.3 Å². The van der Waals surface area contributed by atoms with E-state index < -0.39 is 11.6 Å². The molecule has 2 saturated heterocycles. The highest BCUT2D eigenvalue weighted by Gasteiger charge is 2.35. The summed E-state index contributed by atoms with van der Waals surface area (Å²) in [4.78, 5) is 28.1. The van der Waals surface area contributed by atoms with Crippen LogP contribution in [0.1, 0.15) is 30.9 Å². The molecule has 0 aliphatic carbocycles. The van der Waals surface area contributed by atoms with Crippen molar-refractivity contribution in [3.63, 3.8) is 0 Å². The Hall–Kier alpha value is -4.07. The van der Waals surface area contributed by atoms with Gasteiger partial charge in [-0.25, -0.2) is 18.7 Å². The number of nitriles is 1. The van der Waals surface area contributed by atoms with E-state index in [1.807, 2.05) is 18.7 Å². The number of fused-ring (bicyclic) bond motifs is 3. The lowest BCUT2D eigenvalue weighted by molar-refractivity contribution is -0.130. The minimum atomic E-state index is -0.620. The van der Waals surface area contributed by atoms with Crippen LogP contribution in [0.15, 0.2) is 43.2 Å². The zero-order valence-corrected chi connectivity index (χ0v) is 25.1. The Kier molecular flexibility index (Phi) is 7.57. The van der Waals surface area contributed by atoms with Gasteiger partial charge in [-0.05, 0) is 63.2 Å². The van der Waals surface area contributed by atoms with Crippen LogP contribution in [0.5, 0.6) is 0 Å². The summed E-state index contributed by atoms with van der Waals surface area (Å²) in [5.74, 6) is -0.687. The average molecular weight is 604 g/mol. The van der Waals surface area contributed by atoms with Crippen molar-refractivity contribution in [2.24, 2.45) is 0 Å². The second-order valence-electron chi connectivity index (χ2n) is 11.6. The summed E-state index contributed by atoms with van der Waals surface area (Å²) >= 11 is 6.78. The first-order valence-electron chi connectivity index (χ1n) is 14.3. The Bertz CT molecular complexity index is 1810. The molecule has 2 fully saturated rings. The number of imidazole rings is 1. The van der Waals surface area contributed by atoms with Gasteiger partial charge in [-0.1, -0.05) is 30.3 Å². The Morgan fingerprint density at radius 2 is 2.05 bits per heavy atom. The summed E-state index contributed by atoms with van der Waals surface area (Å²) < 4.78 is 33.2. The monoisotopic (exact) mass is 603 g/mol. The third-order valence-corrected chi connectivity index (χ3v) is 9.26. The summed E-state index contributed by atoms with van der Waals surface area (Å²) in [5.41, 5.74) is 2.24. The lowest BCUT2D eigenvalue weighted by Crippen LogP contribution is -2.57. The Labute approximate surface area is 253 Å². The van der Waals surface area contributed by atoms with Crippen molar-refractivity contribution >= 4 is 45.3 Å². The maximum atomic E-state index is 16.6. The zero-order valence-electron chi connectivity index (χ0n) is 24.3. The first kappa shape index (κ1) is 29.0. The molecule has 0 spiro atoms. The number of nitrogens with zero attached hydrogens (tertiary/aromatic N) is 7. The molecule has 2 atom stereocenters. The van der Waals surface area contributed by atoms with E-state index >= 15 is 4.39 Å². The fourth-order valence-corrected chi connectivity index (χ4v) is 6.71. The van der Waals surface area contributed by atoms with Crippen LogP contribution >= 0.6 is 11.6 Å². The van der Waals surface area contributed by atoms with Crippen LogP contribution < -0.4 is 4.90 Å². The number of rotatable bonds is 6. The largest absolute Gasteiger partial charge is 0.351 e. The smallest absolute Gasteiger partial charge is 0.246 e. The van der Waals surface area contributed by atoms with Gasteiger partial charge in [-0.3, -0.25) is 4.79 Å². The molecule has 0 N–H and O–H groups in total. The highest BCUT2D eigenvalue weighted by molar-refractivity contribution is 6.34. The molecule has 0 saturated carbocycles. The van der Waals surface area contributed by atoms with Crippen molar-refractivity contribution in [3.8, 4) is 17.2 Å². The summed E-state index contributed by atoms with van der Waals surface area (Å²) in [6, 6.07) is 8.36. The number of carbonyl (C=O) groups is 1. The average Bonchev–Trinajstić information content (AvgIpc) is 3.40. The molecule has 6 rings (SSSR count). The van der Waals surface area contributed by atoms with E-state index in [0.29, 0.717) is 71.9 Å². The van der Waals surface area contributed by atoms with Gasteiger partial charge in [-0.15, -0.1) is 0 Å². The van der Waals surface area contributed by atoms with E-state index in [-0.39, 0.29) is 40.5 Å². The molecule has 8 nitrogen and oxygen atoms in total. The van der Waals surface area contributed by atoms with Crippen LogP contribution in [-0.4, -0.2) is 76.1 Å². The van der Waals surface area contributed by atoms with Crippen molar-refractivity contribution in [2.75, 3.05) is 38.6 Å². The van der Waals surface area contributed by atoms with E-state index in [2.05, 4.69) is 22.4 Å². The number of likely N-dealkylation sites (N-methyl/N-ethyl adjacent to an activating group) is 1. The van der Waals surface area contributed by atoms with Crippen LogP contribution in [0.4, 0.5) is 14.6 Å². The van der Waals surface area contributed by atoms with Crippen LogP contribution in [0.2, 0.25) is 5.02 Å². The number of amides is 1. The maximum Gasteiger partial charge on any atom is 0.246 e. The lowest BCUT2D eigenvalue weighted by atomic mass is 9.94. The van der Waals surface area contributed by atoms with Gasteiger partial charge in [0.2, 0.25) is 5.91 Å². The normalized spacial score (nSPS) is 19.2. The van der Waals surface area contributed by atoms with Gasteiger partial charge in [0.15, 0.2) is 11.6 Å². The lowest BCUT2D eigenvalue weighted by Gasteiger charge is -2.43. The molecular formula is C32H32ClF2N7O. The molecule has 43 heavy (non-hydrogen) atoms. The van der Waals surface area contributed by atoms with Gasteiger partial charge in [0.1, 0.15) is 16.9 Å². The number of hydrogen-bond donors (Lipinski definition) is 0. The van der Waals surface area contributed by atoms with Gasteiger partial charge >= 0.3 is 0 Å². The van der Waals surface area contributed by atoms with E-state index in [1.54, 1.807) is 30.3 Å². The highest BCUT2D eigenvalue weighted by Crippen LogP contribution is 2.43. The van der Waals surface area contributed by atoms with Gasteiger partial charge < -0.3 is 19.3 Å². The van der Waals surface area contributed by atoms with E-state index in [4.69, 9.17) is 21.6 Å². The third kappa shape index (κ3) is 4.81. The second kappa shape index (κ2) is 11.2. The molecule has 2 unspecified atom stereocenters. The van der Waals surface area contributed by atoms with Gasteiger partial charge in [0, 0.05) is 48.7 Å². The number of benzene rings is 2. The number of aromatic nitrogens is 3. The fourth-order valence-electron chi connectivity index (χ4n) is 6.41. The number of halogens is 3. The van der Waals surface area contributed by atoms with E-state index in [1.165, 1.54) is 18.2 Å². The van der Waals surface area contributed by atoms with Gasteiger partial charge in [0.25, 0.3) is 0 Å². The van der Waals surface area contributed by atoms with Crippen molar-refractivity contribution in [2.45, 2.75) is 44.3 Å². The second-order valence-corrected chi connectivity index (χ2v) is 12.0.